The third kappa shape index (κ3) is 3.98. The van der Waals surface area contributed by atoms with E-state index in [0.29, 0.717) is 16.5 Å². The number of piperazine rings is 1. The quantitative estimate of drug-likeness (QED) is 0.840. The van der Waals surface area contributed by atoms with Crippen molar-refractivity contribution >= 4 is 34.8 Å². The van der Waals surface area contributed by atoms with Crippen molar-refractivity contribution in [2.75, 3.05) is 31.1 Å². The molecular weight excluding hydrogens is 331 g/mol. The molecule has 0 radical (unpaired) electrons. The van der Waals surface area contributed by atoms with Gasteiger partial charge in [-0.2, -0.15) is 0 Å². The second kappa shape index (κ2) is 7.24. The van der Waals surface area contributed by atoms with Crippen molar-refractivity contribution in [3.05, 3.63) is 64.1 Å². The molecule has 0 N–H and O–H groups in total. The number of nitrogens with zero attached hydrogens (tertiary/aromatic N) is 2. The van der Waals surface area contributed by atoms with Gasteiger partial charge < -0.3 is 9.80 Å². The maximum atomic E-state index is 12.5. The lowest BCUT2D eigenvalue weighted by atomic mass is 10.1. The summed E-state index contributed by atoms with van der Waals surface area (Å²) in [5, 5.41) is 1.14. The fourth-order valence-electron chi connectivity index (χ4n) is 2.79. The van der Waals surface area contributed by atoms with Gasteiger partial charge in [-0.05, 0) is 29.8 Å². The SMILES string of the molecule is O=C(Cc1ccc(Cl)cc1Cl)N1CCN(c2ccccc2)CC1. The average Bonchev–Trinajstić information content (AvgIpc) is 2.58. The van der Waals surface area contributed by atoms with Crippen LogP contribution in [0.4, 0.5) is 5.69 Å². The van der Waals surface area contributed by atoms with Gasteiger partial charge in [-0.15, -0.1) is 0 Å². The normalized spacial score (nSPS) is 14.9. The van der Waals surface area contributed by atoms with Crippen LogP contribution in [0.15, 0.2) is 48.5 Å². The van der Waals surface area contributed by atoms with E-state index in [1.165, 1.54) is 5.69 Å². The molecule has 120 valence electrons. The molecule has 1 saturated heterocycles. The second-order valence-corrected chi connectivity index (χ2v) is 6.46. The summed E-state index contributed by atoms with van der Waals surface area (Å²) < 4.78 is 0. The molecular formula is C18H18Cl2N2O. The summed E-state index contributed by atoms with van der Waals surface area (Å²) in [6, 6.07) is 15.6. The molecule has 0 unspecified atom stereocenters. The van der Waals surface area contributed by atoms with Crippen LogP contribution >= 0.6 is 23.2 Å². The molecule has 0 spiro atoms. The summed E-state index contributed by atoms with van der Waals surface area (Å²) in [7, 11) is 0. The van der Waals surface area contributed by atoms with E-state index in [1.807, 2.05) is 29.2 Å². The molecule has 3 rings (SSSR count). The topological polar surface area (TPSA) is 23.6 Å². The number of carbonyl (C=O) groups is 1. The summed E-state index contributed by atoms with van der Waals surface area (Å²) in [5.41, 5.74) is 2.03. The molecule has 1 fully saturated rings. The van der Waals surface area contributed by atoms with Crippen molar-refractivity contribution < 1.29 is 4.79 Å². The van der Waals surface area contributed by atoms with E-state index < -0.39 is 0 Å². The highest BCUT2D eigenvalue weighted by Gasteiger charge is 2.21. The number of benzene rings is 2. The van der Waals surface area contributed by atoms with Gasteiger partial charge in [0.1, 0.15) is 0 Å². The molecule has 2 aromatic rings. The number of anilines is 1. The molecule has 2 aromatic carbocycles. The zero-order chi connectivity index (χ0) is 16.2. The maximum Gasteiger partial charge on any atom is 0.227 e. The minimum absolute atomic E-state index is 0.113. The number of para-hydroxylation sites is 1. The summed E-state index contributed by atoms with van der Waals surface area (Å²) >= 11 is 12.0. The molecule has 3 nitrogen and oxygen atoms in total. The summed E-state index contributed by atoms with van der Waals surface area (Å²) in [4.78, 5) is 16.7. The Bertz CT molecular complexity index is 683. The summed E-state index contributed by atoms with van der Waals surface area (Å²) in [6.45, 7) is 3.17. The average molecular weight is 349 g/mol. The van der Waals surface area contributed by atoms with Crippen LogP contribution in [0.5, 0.6) is 0 Å². The molecule has 0 atom stereocenters. The molecule has 0 aliphatic carbocycles. The van der Waals surface area contributed by atoms with Gasteiger partial charge in [-0.3, -0.25) is 4.79 Å². The van der Waals surface area contributed by atoms with Crippen LogP contribution < -0.4 is 4.90 Å². The number of carbonyl (C=O) groups excluding carboxylic acids is 1. The van der Waals surface area contributed by atoms with Crippen molar-refractivity contribution in [1.29, 1.82) is 0 Å². The first-order valence-corrected chi connectivity index (χ1v) is 8.41. The van der Waals surface area contributed by atoms with E-state index in [2.05, 4.69) is 17.0 Å². The van der Waals surface area contributed by atoms with Gasteiger partial charge in [-0.25, -0.2) is 0 Å². The first-order chi connectivity index (χ1) is 11.1. The van der Waals surface area contributed by atoms with Gasteiger partial charge in [0.05, 0.1) is 6.42 Å². The predicted octanol–water partition coefficient (Wildman–Crippen LogP) is 3.88. The number of halogens is 2. The lowest BCUT2D eigenvalue weighted by Crippen LogP contribution is -2.49. The first kappa shape index (κ1) is 16.2. The molecule has 0 bridgehead atoms. The number of amides is 1. The Morgan fingerprint density at radius 1 is 0.957 bits per heavy atom. The van der Waals surface area contributed by atoms with Crippen LogP contribution in [0.3, 0.4) is 0 Å². The van der Waals surface area contributed by atoms with Crippen LogP contribution in [0.2, 0.25) is 10.0 Å². The highest BCUT2D eigenvalue weighted by molar-refractivity contribution is 6.35. The van der Waals surface area contributed by atoms with Crippen LogP contribution in [-0.2, 0) is 11.2 Å². The molecule has 1 amide bonds. The Morgan fingerprint density at radius 2 is 1.65 bits per heavy atom. The van der Waals surface area contributed by atoms with Crippen molar-refractivity contribution in [2.45, 2.75) is 6.42 Å². The third-order valence-corrected chi connectivity index (χ3v) is 4.70. The van der Waals surface area contributed by atoms with Crippen molar-refractivity contribution in [3.8, 4) is 0 Å². The lowest BCUT2D eigenvalue weighted by molar-refractivity contribution is -0.130. The Morgan fingerprint density at radius 3 is 2.30 bits per heavy atom. The minimum Gasteiger partial charge on any atom is -0.368 e. The van der Waals surface area contributed by atoms with E-state index in [1.54, 1.807) is 12.1 Å². The molecule has 1 aliphatic rings. The van der Waals surface area contributed by atoms with Gasteiger partial charge in [-0.1, -0.05) is 47.5 Å². The lowest BCUT2D eigenvalue weighted by Gasteiger charge is -2.36. The van der Waals surface area contributed by atoms with Gasteiger partial charge >= 0.3 is 0 Å². The van der Waals surface area contributed by atoms with E-state index in [4.69, 9.17) is 23.2 Å². The molecule has 1 heterocycles. The van der Waals surface area contributed by atoms with Crippen LogP contribution in [-0.4, -0.2) is 37.0 Å². The van der Waals surface area contributed by atoms with E-state index in [-0.39, 0.29) is 5.91 Å². The van der Waals surface area contributed by atoms with Gasteiger partial charge in [0.15, 0.2) is 0 Å². The third-order valence-electron chi connectivity index (χ3n) is 4.11. The molecule has 23 heavy (non-hydrogen) atoms. The Hall–Kier alpha value is -1.71. The number of hydrogen-bond donors (Lipinski definition) is 0. The van der Waals surface area contributed by atoms with Crippen molar-refractivity contribution in [3.63, 3.8) is 0 Å². The Balaban J connectivity index is 1.58. The molecule has 0 saturated carbocycles. The van der Waals surface area contributed by atoms with Crippen molar-refractivity contribution in [1.82, 2.24) is 4.90 Å². The monoisotopic (exact) mass is 348 g/mol. The first-order valence-electron chi connectivity index (χ1n) is 7.65. The Labute approximate surface area is 146 Å². The second-order valence-electron chi connectivity index (χ2n) is 5.62. The Kier molecular flexibility index (Phi) is 5.09. The molecule has 5 heteroatoms. The fourth-order valence-corrected chi connectivity index (χ4v) is 3.27. The molecule has 0 aromatic heterocycles. The predicted molar refractivity (Wildman–Crippen MR) is 95.4 cm³/mol. The van der Waals surface area contributed by atoms with E-state index in [0.717, 1.165) is 31.7 Å². The largest absolute Gasteiger partial charge is 0.368 e. The zero-order valence-electron chi connectivity index (χ0n) is 12.7. The standard InChI is InChI=1S/C18H18Cl2N2O/c19-15-7-6-14(17(20)13-15)12-18(23)22-10-8-21(9-11-22)16-4-2-1-3-5-16/h1-7,13H,8-12H2. The highest BCUT2D eigenvalue weighted by Crippen LogP contribution is 2.22. The van der Waals surface area contributed by atoms with Crippen LogP contribution in [0, 0.1) is 0 Å². The highest BCUT2D eigenvalue weighted by atomic mass is 35.5. The van der Waals surface area contributed by atoms with E-state index in [9.17, 15) is 4.79 Å². The number of hydrogen-bond acceptors (Lipinski definition) is 2. The van der Waals surface area contributed by atoms with Crippen molar-refractivity contribution in [2.24, 2.45) is 0 Å². The smallest absolute Gasteiger partial charge is 0.227 e. The summed E-state index contributed by atoms with van der Waals surface area (Å²) in [5.74, 6) is 0.113. The maximum absolute atomic E-state index is 12.5. The molecule has 1 aliphatic heterocycles. The van der Waals surface area contributed by atoms with Gasteiger partial charge in [0, 0.05) is 41.9 Å². The van der Waals surface area contributed by atoms with E-state index >= 15 is 0 Å². The van der Waals surface area contributed by atoms with Crippen LogP contribution in [0.1, 0.15) is 5.56 Å². The van der Waals surface area contributed by atoms with Gasteiger partial charge in [0.2, 0.25) is 5.91 Å². The minimum atomic E-state index is 0.113. The van der Waals surface area contributed by atoms with Crippen LogP contribution in [0.25, 0.3) is 0 Å². The zero-order valence-corrected chi connectivity index (χ0v) is 14.2. The fraction of sp³-hybridized carbons (Fsp3) is 0.278. The number of rotatable bonds is 3. The summed E-state index contributed by atoms with van der Waals surface area (Å²) in [6.07, 6.45) is 0.321. The van der Waals surface area contributed by atoms with Gasteiger partial charge in [0.25, 0.3) is 0 Å².